The molecule has 0 fully saturated rings. The van der Waals surface area contributed by atoms with E-state index in [0.717, 1.165) is 5.56 Å². The van der Waals surface area contributed by atoms with Crippen molar-refractivity contribution in [3.63, 3.8) is 0 Å². The fourth-order valence-electron chi connectivity index (χ4n) is 1.29. The molecule has 0 aromatic heterocycles. The van der Waals surface area contributed by atoms with Crippen LogP contribution in [0.3, 0.4) is 0 Å². The van der Waals surface area contributed by atoms with Crippen LogP contribution < -0.4 is 5.32 Å². The highest BCUT2D eigenvalue weighted by molar-refractivity contribution is 5.18. The molecule has 0 heterocycles. The van der Waals surface area contributed by atoms with Crippen LogP contribution in [0.4, 0.5) is 0 Å². The van der Waals surface area contributed by atoms with Gasteiger partial charge in [-0.05, 0) is 12.5 Å². The van der Waals surface area contributed by atoms with E-state index in [1.807, 2.05) is 30.3 Å². The summed E-state index contributed by atoms with van der Waals surface area (Å²) >= 11 is 0. The summed E-state index contributed by atoms with van der Waals surface area (Å²) < 4.78 is 0. The second-order valence-electron chi connectivity index (χ2n) is 3.40. The molecule has 1 aromatic carbocycles. The fraction of sp³-hybridized carbons (Fsp3) is 0.455. The molecule has 2 atom stereocenters. The Morgan fingerprint density at radius 2 is 1.93 bits per heavy atom. The first kappa shape index (κ1) is 11.2. The third-order valence-electron chi connectivity index (χ3n) is 2.04. The Balaban J connectivity index is 2.54. The van der Waals surface area contributed by atoms with Crippen molar-refractivity contribution in [3.8, 4) is 0 Å². The van der Waals surface area contributed by atoms with Crippen LogP contribution in [0.2, 0.25) is 0 Å². The van der Waals surface area contributed by atoms with Gasteiger partial charge in [0.1, 0.15) is 0 Å². The minimum Gasteiger partial charge on any atom is -0.394 e. The maximum Gasteiger partial charge on any atom is 0.0636 e. The lowest BCUT2D eigenvalue weighted by molar-refractivity contribution is 0.172. The zero-order valence-corrected chi connectivity index (χ0v) is 8.35. The summed E-state index contributed by atoms with van der Waals surface area (Å²) in [6.07, 6.45) is -0.396. The van der Waals surface area contributed by atoms with Crippen LogP contribution in [-0.4, -0.2) is 29.5 Å². The fourth-order valence-corrected chi connectivity index (χ4v) is 1.29. The topological polar surface area (TPSA) is 52.5 Å². The van der Waals surface area contributed by atoms with Crippen LogP contribution in [0.5, 0.6) is 0 Å². The molecule has 0 amide bonds. The van der Waals surface area contributed by atoms with Gasteiger partial charge in [-0.2, -0.15) is 0 Å². The summed E-state index contributed by atoms with van der Waals surface area (Å²) in [4.78, 5) is 0. The standard InChI is InChI=1S/C11H17NO2/c1-9(14)7-12-11(8-13)10-5-3-2-4-6-10/h2-6,9,11-14H,7-8H2,1H3. The number of rotatable bonds is 5. The summed E-state index contributed by atoms with van der Waals surface area (Å²) in [6, 6.07) is 9.62. The Morgan fingerprint density at radius 3 is 2.43 bits per heavy atom. The predicted octanol–water partition coefficient (Wildman–Crippen LogP) is 0.690. The summed E-state index contributed by atoms with van der Waals surface area (Å²) in [5, 5.41) is 21.3. The predicted molar refractivity (Wildman–Crippen MR) is 56.0 cm³/mol. The van der Waals surface area contributed by atoms with Crippen LogP contribution in [0, 0.1) is 0 Å². The molecule has 78 valence electrons. The maximum absolute atomic E-state index is 9.15. The Kier molecular flexibility index (Phi) is 4.59. The van der Waals surface area contributed by atoms with E-state index in [0.29, 0.717) is 6.54 Å². The van der Waals surface area contributed by atoms with Gasteiger partial charge in [0.15, 0.2) is 0 Å². The molecule has 3 heteroatoms. The molecule has 0 aliphatic carbocycles. The highest BCUT2D eigenvalue weighted by Crippen LogP contribution is 2.10. The van der Waals surface area contributed by atoms with Crippen molar-refractivity contribution < 1.29 is 10.2 Å². The van der Waals surface area contributed by atoms with E-state index < -0.39 is 6.10 Å². The number of hydrogen-bond donors (Lipinski definition) is 3. The summed E-state index contributed by atoms with van der Waals surface area (Å²) in [5.74, 6) is 0. The van der Waals surface area contributed by atoms with Crippen molar-refractivity contribution in [2.24, 2.45) is 0 Å². The lowest BCUT2D eigenvalue weighted by atomic mass is 10.1. The van der Waals surface area contributed by atoms with Crippen molar-refractivity contribution in [3.05, 3.63) is 35.9 Å². The summed E-state index contributed by atoms with van der Waals surface area (Å²) in [7, 11) is 0. The zero-order chi connectivity index (χ0) is 10.4. The third kappa shape index (κ3) is 3.46. The highest BCUT2D eigenvalue weighted by atomic mass is 16.3. The molecule has 0 saturated heterocycles. The number of hydrogen-bond acceptors (Lipinski definition) is 3. The third-order valence-corrected chi connectivity index (χ3v) is 2.04. The molecular formula is C11H17NO2. The van der Waals surface area contributed by atoms with Gasteiger partial charge in [-0.3, -0.25) is 0 Å². The number of aliphatic hydroxyl groups excluding tert-OH is 2. The SMILES string of the molecule is CC(O)CNC(CO)c1ccccc1. The number of aliphatic hydroxyl groups is 2. The molecule has 0 bridgehead atoms. The number of nitrogens with one attached hydrogen (secondary N) is 1. The monoisotopic (exact) mass is 195 g/mol. The molecule has 3 nitrogen and oxygen atoms in total. The highest BCUT2D eigenvalue weighted by Gasteiger charge is 2.09. The Labute approximate surface area is 84.4 Å². The van der Waals surface area contributed by atoms with E-state index in [4.69, 9.17) is 10.2 Å². The van der Waals surface area contributed by atoms with E-state index in [1.165, 1.54) is 0 Å². The van der Waals surface area contributed by atoms with Gasteiger partial charge in [0.05, 0.1) is 18.8 Å². The van der Waals surface area contributed by atoms with Crippen molar-refractivity contribution in [2.75, 3.05) is 13.2 Å². The van der Waals surface area contributed by atoms with Gasteiger partial charge in [0.25, 0.3) is 0 Å². The Morgan fingerprint density at radius 1 is 1.29 bits per heavy atom. The van der Waals surface area contributed by atoms with Crippen molar-refractivity contribution in [2.45, 2.75) is 19.1 Å². The molecule has 0 aliphatic heterocycles. The minimum absolute atomic E-state index is 0.0384. The molecule has 0 aliphatic rings. The minimum atomic E-state index is -0.396. The lowest BCUT2D eigenvalue weighted by Crippen LogP contribution is -2.30. The van der Waals surface area contributed by atoms with Crippen LogP contribution in [-0.2, 0) is 0 Å². The first-order valence-corrected chi connectivity index (χ1v) is 4.81. The van der Waals surface area contributed by atoms with Gasteiger partial charge in [0.2, 0.25) is 0 Å². The second kappa shape index (κ2) is 5.75. The molecule has 0 saturated carbocycles. The Hall–Kier alpha value is -0.900. The van der Waals surface area contributed by atoms with Crippen LogP contribution in [0.15, 0.2) is 30.3 Å². The average Bonchev–Trinajstić information content (AvgIpc) is 2.20. The molecule has 3 N–H and O–H groups in total. The summed E-state index contributed by atoms with van der Waals surface area (Å²) in [5.41, 5.74) is 1.04. The molecule has 1 rings (SSSR count). The largest absolute Gasteiger partial charge is 0.394 e. The lowest BCUT2D eigenvalue weighted by Gasteiger charge is -2.17. The van der Waals surface area contributed by atoms with E-state index in [2.05, 4.69) is 5.32 Å². The van der Waals surface area contributed by atoms with E-state index in [-0.39, 0.29) is 12.6 Å². The van der Waals surface area contributed by atoms with Gasteiger partial charge in [0, 0.05) is 6.54 Å². The smallest absolute Gasteiger partial charge is 0.0636 e. The molecule has 0 radical (unpaired) electrons. The van der Waals surface area contributed by atoms with Crippen LogP contribution >= 0.6 is 0 Å². The van der Waals surface area contributed by atoms with Gasteiger partial charge >= 0.3 is 0 Å². The first-order valence-electron chi connectivity index (χ1n) is 4.81. The van der Waals surface area contributed by atoms with Crippen molar-refractivity contribution in [1.82, 2.24) is 5.32 Å². The summed E-state index contributed by atoms with van der Waals surface area (Å²) in [6.45, 7) is 2.24. The average molecular weight is 195 g/mol. The molecule has 2 unspecified atom stereocenters. The van der Waals surface area contributed by atoms with E-state index in [9.17, 15) is 0 Å². The van der Waals surface area contributed by atoms with Crippen LogP contribution in [0.1, 0.15) is 18.5 Å². The van der Waals surface area contributed by atoms with Gasteiger partial charge in [-0.1, -0.05) is 30.3 Å². The van der Waals surface area contributed by atoms with Gasteiger partial charge in [-0.25, -0.2) is 0 Å². The van der Waals surface area contributed by atoms with Gasteiger partial charge < -0.3 is 15.5 Å². The molecule has 14 heavy (non-hydrogen) atoms. The second-order valence-corrected chi connectivity index (χ2v) is 3.40. The van der Waals surface area contributed by atoms with E-state index >= 15 is 0 Å². The number of benzene rings is 1. The van der Waals surface area contributed by atoms with Crippen molar-refractivity contribution in [1.29, 1.82) is 0 Å². The van der Waals surface area contributed by atoms with Crippen LogP contribution in [0.25, 0.3) is 0 Å². The van der Waals surface area contributed by atoms with E-state index in [1.54, 1.807) is 6.92 Å². The zero-order valence-electron chi connectivity index (χ0n) is 8.35. The molecule has 1 aromatic rings. The van der Waals surface area contributed by atoms with Crippen molar-refractivity contribution >= 4 is 0 Å². The quantitative estimate of drug-likeness (QED) is 0.648. The Bertz CT molecular complexity index is 249. The van der Waals surface area contributed by atoms with Gasteiger partial charge in [-0.15, -0.1) is 0 Å². The molecular weight excluding hydrogens is 178 g/mol. The molecule has 0 spiro atoms. The normalized spacial score (nSPS) is 15.1. The maximum atomic E-state index is 9.15. The first-order chi connectivity index (χ1) is 6.74.